The number of unbranched alkanes of at least 4 members (excludes halogenated alkanes) is 1. The number of carbonyl (C=O) groups is 2. The van der Waals surface area contributed by atoms with Crippen molar-refractivity contribution in [2.24, 2.45) is 5.73 Å². The lowest BCUT2D eigenvalue weighted by Crippen LogP contribution is -2.49. The molecule has 0 aromatic heterocycles. The number of hydrogen-bond acceptors (Lipinski definition) is 4. The Balaban J connectivity index is 4.06. The zero-order valence-electron chi connectivity index (χ0n) is 15.0. The van der Waals surface area contributed by atoms with Gasteiger partial charge in [0.2, 0.25) is 11.8 Å². The highest BCUT2D eigenvalue weighted by molar-refractivity contribution is 5.87. The van der Waals surface area contributed by atoms with Crippen LogP contribution >= 0.6 is 0 Å². The average Bonchev–Trinajstić information content (AvgIpc) is 2.32. The van der Waals surface area contributed by atoms with E-state index < -0.39 is 11.9 Å². The van der Waals surface area contributed by atoms with Crippen molar-refractivity contribution in [2.45, 2.75) is 77.9 Å². The molecule has 0 fully saturated rings. The van der Waals surface area contributed by atoms with E-state index in [-0.39, 0.29) is 23.5 Å². The second kappa shape index (κ2) is 9.10. The van der Waals surface area contributed by atoms with Crippen LogP contribution in [0.5, 0.6) is 0 Å². The molecule has 6 heteroatoms. The van der Waals surface area contributed by atoms with Crippen LogP contribution in [0.1, 0.15) is 60.8 Å². The van der Waals surface area contributed by atoms with Gasteiger partial charge in [0.15, 0.2) is 0 Å². The standard InChI is InChI=1S/C16H34N4O2/c1-15(2,3)18-10-8-7-9-12(14(17)22)20-13(21)11-19-16(4,5)6/h12,18-19H,7-11H2,1-6H3,(H2,17,22)(H,20,21). The van der Waals surface area contributed by atoms with E-state index in [9.17, 15) is 9.59 Å². The predicted molar refractivity (Wildman–Crippen MR) is 90.5 cm³/mol. The molecule has 0 radical (unpaired) electrons. The molecule has 0 aliphatic rings. The van der Waals surface area contributed by atoms with Crippen molar-refractivity contribution >= 4 is 11.8 Å². The molecular formula is C16H34N4O2. The lowest BCUT2D eigenvalue weighted by atomic mass is 10.1. The highest BCUT2D eigenvalue weighted by Crippen LogP contribution is 2.03. The molecule has 0 aromatic rings. The van der Waals surface area contributed by atoms with Gasteiger partial charge in [-0.15, -0.1) is 0 Å². The number of nitrogens with two attached hydrogens (primary N) is 1. The first kappa shape index (κ1) is 20.9. The van der Waals surface area contributed by atoms with E-state index in [0.717, 1.165) is 19.4 Å². The van der Waals surface area contributed by atoms with E-state index in [2.05, 4.69) is 36.7 Å². The van der Waals surface area contributed by atoms with Crippen molar-refractivity contribution in [1.29, 1.82) is 0 Å². The summed E-state index contributed by atoms with van der Waals surface area (Å²) in [6, 6.07) is -0.594. The highest BCUT2D eigenvalue weighted by atomic mass is 16.2. The first-order chi connectivity index (χ1) is 9.91. The first-order valence-electron chi connectivity index (χ1n) is 7.99. The monoisotopic (exact) mass is 314 g/mol. The molecule has 1 unspecified atom stereocenters. The lowest BCUT2D eigenvalue weighted by molar-refractivity contribution is -0.127. The fourth-order valence-corrected chi connectivity index (χ4v) is 1.81. The zero-order chi connectivity index (χ0) is 17.4. The van der Waals surface area contributed by atoms with Crippen LogP contribution in [-0.2, 0) is 9.59 Å². The van der Waals surface area contributed by atoms with Crippen molar-refractivity contribution < 1.29 is 9.59 Å². The zero-order valence-corrected chi connectivity index (χ0v) is 15.0. The second-order valence-electron chi connectivity index (χ2n) is 7.80. The molecule has 0 rings (SSSR count). The Labute approximate surface area is 135 Å². The maximum absolute atomic E-state index is 11.8. The second-order valence-corrected chi connectivity index (χ2v) is 7.80. The number of nitrogens with one attached hydrogen (secondary N) is 3. The fourth-order valence-electron chi connectivity index (χ4n) is 1.81. The van der Waals surface area contributed by atoms with Crippen molar-refractivity contribution in [2.75, 3.05) is 13.1 Å². The fraction of sp³-hybridized carbons (Fsp3) is 0.875. The van der Waals surface area contributed by atoms with Crippen molar-refractivity contribution in [1.82, 2.24) is 16.0 Å². The highest BCUT2D eigenvalue weighted by Gasteiger charge is 2.19. The van der Waals surface area contributed by atoms with E-state index in [1.807, 2.05) is 20.8 Å². The van der Waals surface area contributed by atoms with Gasteiger partial charge < -0.3 is 21.7 Å². The predicted octanol–water partition coefficient (Wildman–Crippen LogP) is 0.903. The van der Waals surface area contributed by atoms with Gasteiger partial charge in [-0.1, -0.05) is 0 Å². The summed E-state index contributed by atoms with van der Waals surface area (Å²) in [5, 5.41) is 9.17. The quantitative estimate of drug-likeness (QED) is 0.476. The molecule has 0 saturated carbocycles. The van der Waals surface area contributed by atoms with Crippen LogP contribution in [0.2, 0.25) is 0 Å². The van der Waals surface area contributed by atoms with Gasteiger partial charge in [-0.3, -0.25) is 9.59 Å². The summed E-state index contributed by atoms with van der Waals surface area (Å²) in [7, 11) is 0. The maximum Gasteiger partial charge on any atom is 0.240 e. The SMILES string of the molecule is CC(C)(C)NCCCCC(NC(=O)CNC(C)(C)C)C(N)=O. The molecule has 22 heavy (non-hydrogen) atoms. The minimum Gasteiger partial charge on any atom is -0.368 e. The summed E-state index contributed by atoms with van der Waals surface area (Å²) in [6.07, 6.45) is 2.35. The van der Waals surface area contributed by atoms with Crippen molar-refractivity contribution in [3.8, 4) is 0 Å². The summed E-state index contributed by atoms with van der Waals surface area (Å²) in [5.41, 5.74) is 5.31. The number of rotatable bonds is 9. The van der Waals surface area contributed by atoms with E-state index in [1.54, 1.807) is 0 Å². The third-order valence-electron chi connectivity index (χ3n) is 3.03. The van der Waals surface area contributed by atoms with Gasteiger partial charge in [0, 0.05) is 11.1 Å². The van der Waals surface area contributed by atoms with Gasteiger partial charge in [-0.2, -0.15) is 0 Å². The van der Waals surface area contributed by atoms with E-state index >= 15 is 0 Å². The van der Waals surface area contributed by atoms with E-state index in [0.29, 0.717) is 6.42 Å². The molecular weight excluding hydrogens is 280 g/mol. The lowest BCUT2D eigenvalue weighted by Gasteiger charge is -2.22. The molecule has 0 bridgehead atoms. The van der Waals surface area contributed by atoms with E-state index in [4.69, 9.17) is 5.73 Å². The summed E-state index contributed by atoms with van der Waals surface area (Å²) < 4.78 is 0. The van der Waals surface area contributed by atoms with Gasteiger partial charge in [0.05, 0.1) is 6.54 Å². The minimum atomic E-state index is -0.594. The number of primary amides is 1. The summed E-state index contributed by atoms with van der Waals surface area (Å²) in [5.74, 6) is -0.681. The van der Waals surface area contributed by atoms with Gasteiger partial charge in [-0.25, -0.2) is 0 Å². The maximum atomic E-state index is 11.8. The molecule has 2 amide bonds. The van der Waals surface area contributed by atoms with Crippen LogP contribution in [0.15, 0.2) is 0 Å². The summed E-state index contributed by atoms with van der Waals surface area (Å²) in [4.78, 5) is 23.3. The average molecular weight is 314 g/mol. The van der Waals surface area contributed by atoms with Crippen LogP contribution in [0.25, 0.3) is 0 Å². The van der Waals surface area contributed by atoms with Crippen LogP contribution < -0.4 is 21.7 Å². The number of hydrogen-bond donors (Lipinski definition) is 4. The first-order valence-corrected chi connectivity index (χ1v) is 7.99. The molecule has 0 aromatic carbocycles. The minimum absolute atomic E-state index is 0.0932. The Kier molecular flexibility index (Phi) is 8.63. The normalized spacial score (nSPS) is 13.7. The molecule has 1 atom stereocenters. The third-order valence-corrected chi connectivity index (χ3v) is 3.03. The van der Waals surface area contributed by atoms with Crippen LogP contribution in [0, 0.1) is 0 Å². The van der Waals surface area contributed by atoms with Crippen LogP contribution in [0.4, 0.5) is 0 Å². The molecule has 0 spiro atoms. The summed E-state index contributed by atoms with van der Waals surface area (Å²) in [6.45, 7) is 13.3. The smallest absolute Gasteiger partial charge is 0.240 e. The number of amides is 2. The Hall–Kier alpha value is -1.14. The van der Waals surface area contributed by atoms with Gasteiger partial charge in [0.1, 0.15) is 6.04 Å². The van der Waals surface area contributed by atoms with Gasteiger partial charge in [0.25, 0.3) is 0 Å². The molecule has 0 aliphatic carbocycles. The van der Waals surface area contributed by atoms with Crippen molar-refractivity contribution in [3.05, 3.63) is 0 Å². The molecule has 0 saturated heterocycles. The molecule has 5 N–H and O–H groups in total. The topological polar surface area (TPSA) is 96.2 Å². The largest absolute Gasteiger partial charge is 0.368 e. The molecule has 0 heterocycles. The van der Waals surface area contributed by atoms with Crippen molar-refractivity contribution in [3.63, 3.8) is 0 Å². The Bertz CT molecular complexity index is 356. The Morgan fingerprint density at radius 2 is 1.50 bits per heavy atom. The molecule has 130 valence electrons. The van der Waals surface area contributed by atoms with E-state index in [1.165, 1.54) is 0 Å². The number of carbonyl (C=O) groups excluding carboxylic acids is 2. The third kappa shape index (κ3) is 12.6. The molecule has 6 nitrogen and oxygen atoms in total. The summed E-state index contributed by atoms with van der Waals surface area (Å²) >= 11 is 0. The van der Waals surface area contributed by atoms with Gasteiger partial charge in [-0.05, 0) is 67.3 Å². The Morgan fingerprint density at radius 1 is 0.955 bits per heavy atom. The van der Waals surface area contributed by atoms with Crippen LogP contribution in [-0.4, -0.2) is 42.0 Å². The Morgan fingerprint density at radius 3 is 1.95 bits per heavy atom. The van der Waals surface area contributed by atoms with Crippen LogP contribution in [0.3, 0.4) is 0 Å². The van der Waals surface area contributed by atoms with Gasteiger partial charge >= 0.3 is 0 Å². The molecule has 0 aliphatic heterocycles.